The molecule has 5 nitrogen and oxygen atoms in total. The van der Waals surface area contributed by atoms with E-state index in [4.69, 9.17) is 5.11 Å². The van der Waals surface area contributed by atoms with Crippen LogP contribution in [-0.2, 0) is 9.59 Å². The van der Waals surface area contributed by atoms with E-state index in [1.165, 1.54) is 32.1 Å². The van der Waals surface area contributed by atoms with Crippen LogP contribution in [0.2, 0.25) is 0 Å². The summed E-state index contributed by atoms with van der Waals surface area (Å²) in [5.41, 5.74) is 0. The van der Waals surface area contributed by atoms with E-state index in [-0.39, 0.29) is 6.54 Å². The Balaban J connectivity index is 1.35. The molecule has 1 N–H and O–H groups in total. The molecule has 5 fully saturated rings. The number of amides is 1. The van der Waals surface area contributed by atoms with Crippen LogP contribution in [0.1, 0.15) is 51.9 Å². The van der Waals surface area contributed by atoms with Crippen LogP contribution in [0.3, 0.4) is 0 Å². The van der Waals surface area contributed by atoms with E-state index < -0.39 is 5.97 Å². The van der Waals surface area contributed by atoms with Crippen molar-refractivity contribution < 1.29 is 14.7 Å². The quantitative estimate of drug-likeness (QED) is 0.829. The first kappa shape index (κ1) is 17.3. The van der Waals surface area contributed by atoms with Crippen molar-refractivity contribution in [3.05, 3.63) is 0 Å². The highest BCUT2D eigenvalue weighted by molar-refractivity contribution is 5.80. The third kappa shape index (κ3) is 3.32. The number of nitrogens with zero attached hydrogens (tertiary/aromatic N) is 2. The van der Waals surface area contributed by atoms with Crippen molar-refractivity contribution >= 4 is 11.9 Å². The van der Waals surface area contributed by atoms with Gasteiger partial charge < -0.3 is 10.0 Å². The molecule has 0 aromatic carbocycles. The Morgan fingerprint density at radius 3 is 2.04 bits per heavy atom. The molecule has 5 heteroatoms. The van der Waals surface area contributed by atoms with Gasteiger partial charge in [-0.15, -0.1) is 0 Å². The summed E-state index contributed by atoms with van der Waals surface area (Å²) in [4.78, 5) is 28.4. The number of carbonyl (C=O) groups excluding carboxylic acids is 1. The first-order chi connectivity index (χ1) is 12.0. The molecule has 1 heterocycles. The van der Waals surface area contributed by atoms with Crippen LogP contribution in [0.25, 0.3) is 0 Å². The van der Waals surface area contributed by atoms with Crippen molar-refractivity contribution in [1.29, 1.82) is 0 Å². The first-order valence-electron chi connectivity index (χ1n) is 10.3. The summed E-state index contributed by atoms with van der Waals surface area (Å²) in [5.74, 6) is 3.09. The Bertz CT molecular complexity index is 499. The SMILES string of the molecule is CCN(CC(=O)O)C1CCN(C(=O)C2C3CC4CC(C3)CC2C4)CC1. The topological polar surface area (TPSA) is 60.9 Å². The average molecular weight is 348 g/mol. The monoisotopic (exact) mass is 348 g/mol. The molecule has 4 saturated carbocycles. The van der Waals surface area contributed by atoms with E-state index in [1.54, 1.807) is 0 Å². The number of rotatable bonds is 5. The van der Waals surface area contributed by atoms with E-state index in [2.05, 4.69) is 4.90 Å². The molecule has 0 spiro atoms. The zero-order valence-electron chi connectivity index (χ0n) is 15.4. The Morgan fingerprint density at radius 2 is 1.56 bits per heavy atom. The highest BCUT2D eigenvalue weighted by Gasteiger charge is 2.51. The number of likely N-dealkylation sites (N-methyl/N-ethyl adjacent to an activating group) is 1. The van der Waals surface area contributed by atoms with E-state index in [9.17, 15) is 9.59 Å². The van der Waals surface area contributed by atoms with Gasteiger partial charge in [0, 0.05) is 25.0 Å². The zero-order chi connectivity index (χ0) is 17.6. The predicted molar refractivity (Wildman–Crippen MR) is 95.0 cm³/mol. The molecule has 1 saturated heterocycles. The van der Waals surface area contributed by atoms with Gasteiger partial charge in [-0.25, -0.2) is 0 Å². The zero-order valence-corrected chi connectivity index (χ0v) is 15.4. The van der Waals surface area contributed by atoms with Crippen molar-refractivity contribution in [2.45, 2.75) is 57.9 Å². The first-order valence-corrected chi connectivity index (χ1v) is 10.3. The highest BCUT2D eigenvalue weighted by atomic mass is 16.4. The Hall–Kier alpha value is -1.10. The second kappa shape index (κ2) is 6.90. The molecule has 0 atom stereocenters. The minimum atomic E-state index is -0.756. The minimum Gasteiger partial charge on any atom is -0.480 e. The normalized spacial score (nSPS) is 37.7. The average Bonchev–Trinajstić information content (AvgIpc) is 2.58. The van der Waals surface area contributed by atoms with Crippen molar-refractivity contribution in [1.82, 2.24) is 9.80 Å². The van der Waals surface area contributed by atoms with Crippen LogP contribution in [0.15, 0.2) is 0 Å². The summed E-state index contributed by atoms with van der Waals surface area (Å²) in [5, 5.41) is 9.07. The lowest BCUT2D eigenvalue weighted by Crippen LogP contribution is -2.54. The molecular formula is C20H32N2O3. The summed E-state index contributed by atoms with van der Waals surface area (Å²) in [6.45, 7) is 4.52. The fourth-order valence-electron chi connectivity index (χ4n) is 6.66. The number of piperidine rings is 1. The van der Waals surface area contributed by atoms with Gasteiger partial charge in [0.05, 0.1) is 6.54 Å². The number of aliphatic carboxylic acids is 1. The van der Waals surface area contributed by atoms with Crippen molar-refractivity contribution in [3.8, 4) is 0 Å². The van der Waals surface area contributed by atoms with Crippen molar-refractivity contribution in [3.63, 3.8) is 0 Å². The number of hydrogen-bond donors (Lipinski definition) is 1. The molecule has 1 aliphatic heterocycles. The molecule has 25 heavy (non-hydrogen) atoms. The lowest BCUT2D eigenvalue weighted by Gasteiger charge is -2.54. The molecular weight excluding hydrogens is 316 g/mol. The van der Waals surface area contributed by atoms with Crippen LogP contribution in [0, 0.1) is 29.6 Å². The second-order valence-electron chi connectivity index (χ2n) is 8.97. The summed E-state index contributed by atoms with van der Waals surface area (Å²) in [6, 6.07) is 0.309. The second-order valence-corrected chi connectivity index (χ2v) is 8.97. The molecule has 4 aliphatic carbocycles. The van der Waals surface area contributed by atoms with Gasteiger partial charge in [0.25, 0.3) is 0 Å². The van der Waals surface area contributed by atoms with E-state index in [0.29, 0.717) is 29.7 Å². The molecule has 0 unspecified atom stereocenters. The van der Waals surface area contributed by atoms with E-state index >= 15 is 0 Å². The maximum Gasteiger partial charge on any atom is 0.317 e. The highest BCUT2D eigenvalue weighted by Crippen LogP contribution is 2.56. The molecule has 5 aliphatic rings. The number of likely N-dealkylation sites (tertiary alicyclic amines) is 1. The van der Waals surface area contributed by atoms with Gasteiger partial charge in [0.1, 0.15) is 0 Å². The fraction of sp³-hybridized carbons (Fsp3) is 0.900. The smallest absolute Gasteiger partial charge is 0.317 e. The molecule has 140 valence electrons. The maximum absolute atomic E-state index is 13.2. The van der Waals surface area contributed by atoms with Crippen LogP contribution in [0.4, 0.5) is 0 Å². The summed E-state index contributed by atoms with van der Waals surface area (Å²) >= 11 is 0. The third-order valence-electron chi connectivity index (χ3n) is 7.55. The largest absolute Gasteiger partial charge is 0.480 e. The van der Waals surface area contributed by atoms with Gasteiger partial charge in [0.2, 0.25) is 5.91 Å². The predicted octanol–water partition coefficient (Wildman–Crippen LogP) is 2.46. The van der Waals surface area contributed by atoms with Crippen LogP contribution in [0.5, 0.6) is 0 Å². The molecule has 0 aromatic heterocycles. The summed E-state index contributed by atoms with van der Waals surface area (Å²) in [6.07, 6.45) is 8.43. The fourth-order valence-corrected chi connectivity index (χ4v) is 6.66. The van der Waals surface area contributed by atoms with Gasteiger partial charge in [-0.2, -0.15) is 0 Å². The lowest BCUT2D eigenvalue weighted by atomic mass is 9.51. The van der Waals surface area contributed by atoms with Crippen LogP contribution in [-0.4, -0.2) is 59.0 Å². The maximum atomic E-state index is 13.2. The lowest BCUT2D eigenvalue weighted by molar-refractivity contribution is -0.151. The number of hydrogen-bond acceptors (Lipinski definition) is 3. The third-order valence-corrected chi connectivity index (χ3v) is 7.55. The van der Waals surface area contributed by atoms with E-state index in [1.807, 2.05) is 11.8 Å². The van der Waals surface area contributed by atoms with E-state index in [0.717, 1.165) is 44.3 Å². The minimum absolute atomic E-state index is 0.116. The van der Waals surface area contributed by atoms with Crippen LogP contribution < -0.4 is 0 Å². The Kier molecular flexibility index (Phi) is 4.78. The number of carbonyl (C=O) groups is 2. The van der Waals surface area contributed by atoms with Gasteiger partial charge >= 0.3 is 5.97 Å². The molecule has 0 radical (unpaired) electrons. The van der Waals surface area contributed by atoms with Gasteiger partial charge in [0.15, 0.2) is 0 Å². The molecule has 0 aromatic rings. The molecule has 1 amide bonds. The van der Waals surface area contributed by atoms with Gasteiger partial charge in [-0.3, -0.25) is 14.5 Å². The molecule has 5 rings (SSSR count). The standard InChI is InChI=1S/C20H32N2O3/c1-2-21(12-18(23)24)17-3-5-22(6-4-17)20(25)19-15-8-13-7-14(10-15)11-16(19)9-13/h13-17,19H,2-12H2,1H3,(H,23,24). The Morgan fingerprint density at radius 1 is 1.00 bits per heavy atom. The van der Waals surface area contributed by atoms with Gasteiger partial charge in [-0.05, 0) is 75.2 Å². The molecule has 4 bridgehead atoms. The summed E-state index contributed by atoms with van der Waals surface area (Å²) in [7, 11) is 0. The van der Waals surface area contributed by atoms with Crippen LogP contribution >= 0.6 is 0 Å². The number of carboxylic acid groups (broad SMARTS) is 1. The van der Waals surface area contributed by atoms with Crippen molar-refractivity contribution in [2.24, 2.45) is 29.6 Å². The number of carboxylic acids is 1. The van der Waals surface area contributed by atoms with Crippen molar-refractivity contribution in [2.75, 3.05) is 26.2 Å². The Labute approximate surface area is 150 Å². The van der Waals surface area contributed by atoms with Gasteiger partial charge in [-0.1, -0.05) is 6.92 Å². The summed E-state index contributed by atoms with van der Waals surface area (Å²) < 4.78 is 0.